The van der Waals surface area contributed by atoms with Gasteiger partial charge < -0.3 is 15.4 Å². The van der Waals surface area contributed by atoms with E-state index in [0.29, 0.717) is 5.56 Å². The van der Waals surface area contributed by atoms with Gasteiger partial charge in [0.25, 0.3) is 0 Å². The molecule has 0 saturated carbocycles. The molecular weight excluding hydrogens is 337 g/mol. The molecule has 0 aliphatic carbocycles. The number of halogens is 1. The third kappa shape index (κ3) is 4.89. The summed E-state index contributed by atoms with van der Waals surface area (Å²) in [5.74, 6) is -0.00161. The lowest BCUT2D eigenvalue weighted by molar-refractivity contribution is -0.119. The Kier molecular flexibility index (Phi) is 6.14. The molecule has 0 radical (unpaired) electrons. The summed E-state index contributed by atoms with van der Waals surface area (Å²) in [6.07, 6.45) is -0.669. The zero-order valence-electron chi connectivity index (χ0n) is 13.6. The Morgan fingerprint density at radius 2 is 2.21 bits per heavy atom. The van der Waals surface area contributed by atoms with E-state index in [1.165, 1.54) is 26.2 Å². The Balaban J connectivity index is 2.14. The van der Waals surface area contributed by atoms with Crippen molar-refractivity contribution in [3.05, 3.63) is 23.8 Å². The van der Waals surface area contributed by atoms with E-state index in [9.17, 15) is 17.6 Å². The molecule has 1 amide bonds. The Morgan fingerprint density at radius 1 is 1.46 bits per heavy atom. The van der Waals surface area contributed by atoms with Gasteiger partial charge in [-0.3, -0.25) is 4.79 Å². The van der Waals surface area contributed by atoms with Crippen molar-refractivity contribution in [2.24, 2.45) is 0 Å². The summed E-state index contributed by atoms with van der Waals surface area (Å²) >= 11 is 0. The molecule has 1 fully saturated rings. The van der Waals surface area contributed by atoms with Gasteiger partial charge in [0.2, 0.25) is 15.9 Å². The van der Waals surface area contributed by atoms with Gasteiger partial charge in [0.15, 0.2) is 0 Å². The third-order valence-electron chi connectivity index (χ3n) is 3.75. The highest BCUT2D eigenvalue weighted by atomic mass is 32.2. The molecule has 1 aromatic rings. The van der Waals surface area contributed by atoms with Crippen molar-refractivity contribution in [2.75, 3.05) is 20.2 Å². The second-order valence-electron chi connectivity index (χ2n) is 5.69. The van der Waals surface area contributed by atoms with Crippen molar-refractivity contribution in [3.8, 4) is 5.75 Å². The summed E-state index contributed by atoms with van der Waals surface area (Å²) < 4.78 is 45.8. The topological polar surface area (TPSA) is 96.5 Å². The Hall–Kier alpha value is -1.71. The summed E-state index contributed by atoms with van der Waals surface area (Å²) in [4.78, 5) is 11.0. The maximum atomic E-state index is 13.1. The fourth-order valence-corrected chi connectivity index (χ4v) is 3.78. The lowest BCUT2D eigenvalue weighted by Gasteiger charge is -2.15. The van der Waals surface area contributed by atoms with Crippen LogP contribution in [0.4, 0.5) is 4.39 Å². The second-order valence-corrected chi connectivity index (χ2v) is 7.42. The molecule has 1 saturated heterocycles. The van der Waals surface area contributed by atoms with E-state index in [2.05, 4.69) is 15.4 Å². The second kappa shape index (κ2) is 7.91. The molecule has 1 aliphatic rings. The normalized spacial score (nSPS) is 20.8. The van der Waals surface area contributed by atoms with Gasteiger partial charge in [-0.25, -0.2) is 17.5 Å². The number of carbonyl (C=O) groups is 1. The van der Waals surface area contributed by atoms with Gasteiger partial charge in [0, 0.05) is 32.6 Å². The van der Waals surface area contributed by atoms with Gasteiger partial charge in [0.1, 0.15) is 16.8 Å². The monoisotopic (exact) mass is 359 g/mol. The van der Waals surface area contributed by atoms with E-state index in [1.54, 1.807) is 6.07 Å². The molecule has 0 unspecified atom stereocenters. The van der Waals surface area contributed by atoms with Crippen LogP contribution in [0.1, 0.15) is 18.9 Å². The molecule has 0 bridgehead atoms. The van der Waals surface area contributed by atoms with Crippen LogP contribution in [0.25, 0.3) is 0 Å². The zero-order valence-corrected chi connectivity index (χ0v) is 14.5. The Morgan fingerprint density at radius 3 is 2.79 bits per heavy atom. The first kappa shape index (κ1) is 18.6. The van der Waals surface area contributed by atoms with Crippen molar-refractivity contribution < 1.29 is 22.3 Å². The summed E-state index contributed by atoms with van der Waals surface area (Å²) in [6, 6.07) is 4.44. The first-order chi connectivity index (χ1) is 11.3. The smallest absolute Gasteiger partial charge is 0.244 e. The standard InChI is InChI=1S/C15H22FN3O4S/c1-10(20)17-7-11-3-4-14(23-2)15(5-11)24(21,22)19-9-13-6-12(16)8-18-13/h3-5,12-13,18-19H,6-9H2,1-2H3,(H,17,20)/t12-,13-/m0/s1. The molecular formula is C15H22FN3O4S. The van der Waals surface area contributed by atoms with Crippen molar-refractivity contribution in [1.82, 2.24) is 15.4 Å². The quantitative estimate of drug-likeness (QED) is 0.651. The number of rotatable bonds is 7. The molecule has 1 aromatic carbocycles. The molecule has 0 aromatic heterocycles. The molecule has 24 heavy (non-hydrogen) atoms. The molecule has 9 heteroatoms. The van der Waals surface area contributed by atoms with Crippen LogP contribution in [0, 0.1) is 0 Å². The first-order valence-electron chi connectivity index (χ1n) is 7.60. The number of carbonyl (C=O) groups excluding carboxylic acids is 1. The Labute approximate surface area is 141 Å². The number of sulfonamides is 1. The molecule has 2 atom stereocenters. The third-order valence-corrected chi connectivity index (χ3v) is 5.19. The van der Waals surface area contributed by atoms with Gasteiger partial charge in [-0.1, -0.05) is 6.07 Å². The summed E-state index contributed by atoms with van der Waals surface area (Å²) in [6.45, 7) is 1.94. The number of nitrogens with one attached hydrogen (secondary N) is 3. The molecule has 7 nitrogen and oxygen atoms in total. The number of ether oxygens (including phenoxy) is 1. The number of hydrogen-bond acceptors (Lipinski definition) is 5. The summed E-state index contributed by atoms with van der Waals surface area (Å²) in [5, 5.41) is 5.54. The molecule has 2 rings (SSSR count). The molecule has 1 aliphatic heterocycles. The Bertz CT molecular complexity index is 696. The minimum Gasteiger partial charge on any atom is -0.495 e. The van der Waals surface area contributed by atoms with E-state index in [0.717, 1.165) is 0 Å². The maximum Gasteiger partial charge on any atom is 0.244 e. The lowest BCUT2D eigenvalue weighted by atomic mass is 10.2. The first-order valence-corrected chi connectivity index (χ1v) is 9.08. The molecule has 0 spiro atoms. The van der Waals surface area contributed by atoms with Crippen LogP contribution in [-0.4, -0.2) is 46.7 Å². The minimum atomic E-state index is -3.82. The molecule has 1 heterocycles. The average molecular weight is 359 g/mol. The highest BCUT2D eigenvalue weighted by molar-refractivity contribution is 7.89. The number of alkyl halides is 1. The predicted octanol–water partition coefficient (Wildman–Crippen LogP) is 0.310. The van der Waals surface area contributed by atoms with Crippen molar-refractivity contribution in [3.63, 3.8) is 0 Å². The minimum absolute atomic E-state index is 0.0114. The van der Waals surface area contributed by atoms with E-state index in [1.807, 2.05) is 0 Å². The number of amides is 1. The van der Waals surface area contributed by atoms with Crippen LogP contribution in [0.2, 0.25) is 0 Å². The molecule has 3 N–H and O–H groups in total. The van der Waals surface area contributed by atoms with Crippen LogP contribution in [0.3, 0.4) is 0 Å². The van der Waals surface area contributed by atoms with Gasteiger partial charge in [-0.05, 0) is 24.1 Å². The van der Waals surface area contributed by atoms with Crippen LogP contribution in [0.5, 0.6) is 5.75 Å². The van der Waals surface area contributed by atoms with Gasteiger partial charge in [0.05, 0.1) is 7.11 Å². The van der Waals surface area contributed by atoms with Crippen LogP contribution in [-0.2, 0) is 21.4 Å². The van der Waals surface area contributed by atoms with E-state index in [-0.39, 0.29) is 48.6 Å². The zero-order chi connectivity index (χ0) is 17.7. The SMILES string of the molecule is COc1ccc(CNC(C)=O)cc1S(=O)(=O)NC[C@@H]1C[C@H](F)CN1. The summed E-state index contributed by atoms with van der Waals surface area (Å²) in [7, 11) is -2.44. The van der Waals surface area contributed by atoms with E-state index >= 15 is 0 Å². The summed E-state index contributed by atoms with van der Waals surface area (Å²) in [5.41, 5.74) is 0.634. The number of methoxy groups -OCH3 is 1. The van der Waals surface area contributed by atoms with Crippen molar-refractivity contribution in [1.29, 1.82) is 0 Å². The highest BCUT2D eigenvalue weighted by Crippen LogP contribution is 2.25. The van der Waals surface area contributed by atoms with Crippen molar-refractivity contribution in [2.45, 2.75) is 37.0 Å². The van der Waals surface area contributed by atoms with Crippen LogP contribution in [0.15, 0.2) is 23.1 Å². The highest BCUT2D eigenvalue weighted by Gasteiger charge is 2.26. The van der Waals surface area contributed by atoms with E-state index in [4.69, 9.17) is 4.74 Å². The molecule has 134 valence electrons. The fourth-order valence-electron chi connectivity index (χ4n) is 2.48. The fraction of sp³-hybridized carbons (Fsp3) is 0.533. The predicted molar refractivity (Wildman–Crippen MR) is 87.0 cm³/mol. The largest absolute Gasteiger partial charge is 0.495 e. The number of hydrogen-bond donors (Lipinski definition) is 3. The van der Waals surface area contributed by atoms with Gasteiger partial charge in [-0.15, -0.1) is 0 Å². The van der Waals surface area contributed by atoms with Gasteiger partial charge >= 0.3 is 0 Å². The maximum absolute atomic E-state index is 13.1. The van der Waals surface area contributed by atoms with Crippen LogP contribution >= 0.6 is 0 Å². The average Bonchev–Trinajstić information content (AvgIpc) is 2.96. The number of benzene rings is 1. The van der Waals surface area contributed by atoms with Crippen molar-refractivity contribution >= 4 is 15.9 Å². The van der Waals surface area contributed by atoms with Crippen LogP contribution < -0.4 is 20.1 Å². The van der Waals surface area contributed by atoms with E-state index < -0.39 is 16.2 Å². The lowest BCUT2D eigenvalue weighted by Crippen LogP contribution is -2.37. The van der Waals surface area contributed by atoms with Gasteiger partial charge in [-0.2, -0.15) is 0 Å².